The lowest BCUT2D eigenvalue weighted by Crippen LogP contribution is -2.24. The molecule has 6 heteroatoms. The number of aromatic nitrogens is 3. The second kappa shape index (κ2) is 7.78. The third-order valence-corrected chi connectivity index (χ3v) is 4.30. The van der Waals surface area contributed by atoms with E-state index in [9.17, 15) is 4.79 Å². The van der Waals surface area contributed by atoms with Gasteiger partial charge in [-0.1, -0.05) is 44.2 Å². The summed E-state index contributed by atoms with van der Waals surface area (Å²) in [4.78, 5) is 16.9. The van der Waals surface area contributed by atoms with Gasteiger partial charge in [-0.05, 0) is 51.8 Å². The second-order valence-corrected chi connectivity index (χ2v) is 8.84. The Hall–Kier alpha value is -3.02. The highest BCUT2D eigenvalue weighted by Crippen LogP contribution is 2.29. The average Bonchev–Trinajstić information content (AvgIpc) is 3.11. The summed E-state index contributed by atoms with van der Waals surface area (Å²) < 4.78 is 11.4. The maximum absolute atomic E-state index is 12.4. The molecule has 29 heavy (non-hydrogen) atoms. The van der Waals surface area contributed by atoms with Crippen LogP contribution in [0.4, 0.5) is 0 Å². The van der Waals surface area contributed by atoms with E-state index in [1.165, 1.54) is 5.56 Å². The molecule has 6 nitrogen and oxygen atoms in total. The predicted octanol–water partition coefficient (Wildman–Crippen LogP) is 4.92. The lowest BCUT2D eigenvalue weighted by molar-refractivity contribution is 0.00693. The zero-order valence-electron chi connectivity index (χ0n) is 17.8. The molecule has 3 rings (SSSR count). The number of pyridine rings is 1. The summed E-state index contributed by atoms with van der Waals surface area (Å²) in [5, 5.41) is 8.43. The number of hydrogen-bond donors (Lipinski definition) is 0. The molecule has 2 heterocycles. The number of rotatable bonds is 5. The first-order valence-corrected chi connectivity index (χ1v) is 9.64. The highest BCUT2D eigenvalue weighted by Gasteiger charge is 2.29. The molecule has 0 atom stereocenters. The van der Waals surface area contributed by atoms with Crippen LogP contribution in [0.2, 0.25) is 0 Å². The summed E-state index contributed by atoms with van der Waals surface area (Å²) in [6.07, 6.45) is 0.764. The number of ether oxygens (including phenoxy) is 1. The van der Waals surface area contributed by atoms with Crippen LogP contribution in [0.15, 0.2) is 46.9 Å². The largest absolute Gasteiger partial charge is 0.456 e. The van der Waals surface area contributed by atoms with Crippen molar-refractivity contribution in [3.8, 4) is 11.6 Å². The Kier molecular flexibility index (Phi) is 5.55. The lowest BCUT2D eigenvalue weighted by atomic mass is 9.86. The van der Waals surface area contributed by atoms with Gasteiger partial charge in [0.05, 0.1) is 5.56 Å². The Morgan fingerprint density at radius 3 is 2.38 bits per heavy atom. The van der Waals surface area contributed by atoms with Gasteiger partial charge in [-0.2, -0.15) is 0 Å². The topological polar surface area (TPSA) is 78.1 Å². The zero-order chi connectivity index (χ0) is 21.2. The normalized spacial score (nSPS) is 12.1. The molecule has 0 saturated heterocycles. The molecule has 0 aliphatic heterocycles. The van der Waals surface area contributed by atoms with E-state index < -0.39 is 11.6 Å². The van der Waals surface area contributed by atoms with Crippen LogP contribution in [0.25, 0.3) is 11.6 Å². The summed E-state index contributed by atoms with van der Waals surface area (Å²) in [6, 6.07) is 13.5. The van der Waals surface area contributed by atoms with Crippen LogP contribution in [0.3, 0.4) is 0 Å². The number of aryl methyl sites for hydroxylation is 1. The maximum Gasteiger partial charge on any atom is 0.338 e. The lowest BCUT2D eigenvalue weighted by Gasteiger charge is -2.20. The van der Waals surface area contributed by atoms with Crippen molar-refractivity contribution < 1.29 is 13.9 Å². The van der Waals surface area contributed by atoms with E-state index in [2.05, 4.69) is 41.2 Å². The molecule has 0 fully saturated rings. The molecular formula is C23H27N3O3. The predicted molar refractivity (Wildman–Crippen MR) is 111 cm³/mol. The van der Waals surface area contributed by atoms with Crippen molar-refractivity contribution in [2.45, 2.75) is 59.0 Å². The summed E-state index contributed by atoms with van der Waals surface area (Å²) in [6.45, 7) is 11.4. The molecule has 0 aliphatic rings. The molecule has 0 bridgehead atoms. The van der Waals surface area contributed by atoms with Gasteiger partial charge < -0.3 is 9.15 Å². The van der Waals surface area contributed by atoms with E-state index in [1.807, 2.05) is 45.9 Å². The molecule has 3 aromatic rings. The Balaban J connectivity index is 1.87. The van der Waals surface area contributed by atoms with Gasteiger partial charge >= 0.3 is 5.97 Å². The molecule has 0 spiro atoms. The fraction of sp³-hybridized carbons (Fsp3) is 0.391. The summed E-state index contributed by atoms with van der Waals surface area (Å²) in [5.74, 6) is 0.404. The summed E-state index contributed by atoms with van der Waals surface area (Å²) in [7, 11) is 0. The highest BCUT2D eigenvalue weighted by atomic mass is 16.6. The van der Waals surface area contributed by atoms with Gasteiger partial charge in [0.1, 0.15) is 11.3 Å². The minimum Gasteiger partial charge on any atom is -0.456 e. The van der Waals surface area contributed by atoms with Crippen molar-refractivity contribution in [1.82, 2.24) is 15.2 Å². The number of benzene rings is 1. The Morgan fingerprint density at radius 1 is 1.03 bits per heavy atom. The van der Waals surface area contributed by atoms with Crippen LogP contribution in [-0.2, 0) is 16.6 Å². The molecule has 0 N–H and O–H groups in total. The Morgan fingerprint density at radius 2 is 1.72 bits per heavy atom. The Labute approximate surface area is 171 Å². The molecule has 0 aliphatic carbocycles. The zero-order valence-corrected chi connectivity index (χ0v) is 17.8. The molecule has 152 valence electrons. The SMILES string of the molecule is Cc1cc(C(=O)OC(C)(C)C)cc(-c2nnc(C(C)(C)Cc3ccccc3)o2)n1. The summed E-state index contributed by atoms with van der Waals surface area (Å²) >= 11 is 0. The molecule has 0 saturated carbocycles. The van der Waals surface area contributed by atoms with Gasteiger partial charge in [0.25, 0.3) is 5.89 Å². The fourth-order valence-corrected chi connectivity index (χ4v) is 3.01. The van der Waals surface area contributed by atoms with E-state index >= 15 is 0 Å². The summed E-state index contributed by atoms with van der Waals surface area (Å²) in [5.41, 5.74) is 1.81. The van der Waals surface area contributed by atoms with Gasteiger partial charge in [0.2, 0.25) is 5.89 Å². The molecule has 2 aromatic heterocycles. The molecule has 1 aromatic carbocycles. The number of hydrogen-bond acceptors (Lipinski definition) is 6. The minimum atomic E-state index is -0.576. The first kappa shape index (κ1) is 20.7. The van der Waals surface area contributed by atoms with Gasteiger partial charge in [0, 0.05) is 11.1 Å². The van der Waals surface area contributed by atoms with Crippen molar-refractivity contribution in [3.63, 3.8) is 0 Å². The minimum absolute atomic E-state index is 0.287. The van der Waals surface area contributed by atoms with Crippen molar-refractivity contribution in [3.05, 3.63) is 65.2 Å². The van der Waals surface area contributed by atoms with Gasteiger partial charge in [0.15, 0.2) is 0 Å². The van der Waals surface area contributed by atoms with E-state index in [-0.39, 0.29) is 11.3 Å². The molecule has 0 unspecified atom stereocenters. The number of esters is 1. The first-order valence-electron chi connectivity index (χ1n) is 9.64. The van der Waals surface area contributed by atoms with Gasteiger partial charge in [-0.25, -0.2) is 9.78 Å². The van der Waals surface area contributed by atoms with Crippen molar-refractivity contribution in [1.29, 1.82) is 0 Å². The number of nitrogens with zero attached hydrogens (tertiary/aromatic N) is 3. The Bertz CT molecular complexity index is 1000. The average molecular weight is 393 g/mol. The van der Waals surface area contributed by atoms with E-state index in [0.717, 1.165) is 6.42 Å². The van der Waals surface area contributed by atoms with Crippen molar-refractivity contribution in [2.75, 3.05) is 0 Å². The van der Waals surface area contributed by atoms with Crippen LogP contribution in [-0.4, -0.2) is 26.8 Å². The van der Waals surface area contributed by atoms with E-state index in [0.29, 0.717) is 22.8 Å². The highest BCUT2D eigenvalue weighted by molar-refractivity contribution is 5.90. The van der Waals surface area contributed by atoms with Crippen LogP contribution in [0.1, 0.15) is 62.1 Å². The van der Waals surface area contributed by atoms with Crippen LogP contribution < -0.4 is 0 Å². The third kappa shape index (κ3) is 5.28. The smallest absolute Gasteiger partial charge is 0.338 e. The van der Waals surface area contributed by atoms with E-state index in [4.69, 9.17) is 9.15 Å². The van der Waals surface area contributed by atoms with Crippen molar-refractivity contribution >= 4 is 5.97 Å². The molecule has 0 radical (unpaired) electrons. The second-order valence-electron chi connectivity index (χ2n) is 8.84. The van der Waals surface area contributed by atoms with Gasteiger partial charge in [-0.15, -0.1) is 10.2 Å². The number of carbonyl (C=O) groups excluding carboxylic acids is 1. The van der Waals surface area contributed by atoms with Crippen LogP contribution in [0.5, 0.6) is 0 Å². The fourth-order valence-electron chi connectivity index (χ4n) is 3.01. The van der Waals surface area contributed by atoms with Crippen LogP contribution in [0, 0.1) is 6.92 Å². The maximum atomic E-state index is 12.4. The molecular weight excluding hydrogens is 366 g/mol. The molecule has 0 amide bonds. The van der Waals surface area contributed by atoms with Crippen LogP contribution >= 0.6 is 0 Å². The monoisotopic (exact) mass is 393 g/mol. The quantitative estimate of drug-likeness (QED) is 0.573. The standard InChI is InChI=1S/C23H27N3O3/c1-15-12-17(20(27)29-22(2,3)4)13-18(24-15)19-25-26-21(28-19)23(5,6)14-16-10-8-7-9-11-16/h7-13H,14H2,1-6H3. The number of carbonyl (C=O) groups is 1. The van der Waals surface area contributed by atoms with E-state index in [1.54, 1.807) is 12.1 Å². The van der Waals surface area contributed by atoms with Gasteiger partial charge in [-0.3, -0.25) is 0 Å². The van der Waals surface area contributed by atoms with Crippen molar-refractivity contribution in [2.24, 2.45) is 0 Å². The first-order chi connectivity index (χ1) is 13.5. The third-order valence-electron chi connectivity index (χ3n) is 4.30.